The molecule has 1 heterocycles. The molecule has 98 valence electrons. The molecule has 1 aromatic carbocycles. The molecular formula is C15H17N3O. The first-order valence-corrected chi connectivity index (χ1v) is 6.13. The summed E-state index contributed by atoms with van der Waals surface area (Å²) in [4.78, 5) is 16.3. The number of nitrogens with two attached hydrogens (primary N) is 1. The lowest BCUT2D eigenvalue weighted by molar-refractivity contribution is 0.0950. The van der Waals surface area contributed by atoms with Gasteiger partial charge in [-0.3, -0.25) is 9.78 Å². The van der Waals surface area contributed by atoms with Crippen molar-refractivity contribution >= 4 is 11.6 Å². The van der Waals surface area contributed by atoms with Gasteiger partial charge in [-0.05, 0) is 43.7 Å². The Balaban J connectivity index is 2.03. The summed E-state index contributed by atoms with van der Waals surface area (Å²) in [7, 11) is 0. The van der Waals surface area contributed by atoms with Gasteiger partial charge in [-0.1, -0.05) is 12.1 Å². The number of amides is 1. The maximum absolute atomic E-state index is 12.0. The van der Waals surface area contributed by atoms with E-state index in [4.69, 9.17) is 5.73 Å². The van der Waals surface area contributed by atoms with E-state index in [0.29, 0.717) is 17.8 Å². The van der Waals surface area contributed by atoms with Crippen LogP contribution in [0.4, 0.5) is 5.69 Å². The van der Waals surface area contributed by atoms with Gasteiger partial charge < -0.3 is 11.1 Å². The lowest BCUT2D eigenvalue weighted by Crippen LogP contribution is -2.23. The Kier molecular flexibility index (Phi) is 3.80. The number of nitrogen functional groups attached to an aromatic ring is 1. The van der Waals surface area contributed by atoms with Crippen molar-refractivity contribution in [2.45, 2.75) is 20.4 Å². The Hall–Kier alpha value is -2.36. The van der Waals surface area contributed by atoms with Gasteiger partial charge >= 0.3 is 0 Å². The number of aryl methyl sites for hydroxylation is 2. The van der Waals surface area contributed by atoms with Gasteiger partial charge in [0, 0.05) is 16.9 Å². The monoisotopic (exact) mass is 255 g/mol. The molecule has 0 spiro atoms. The van der Waals surface area contributed by atoms with Gasteiger partial charge in [0.25, 0.3) is 5.91 Å². The van der Waals surface area contributed by atoms with E-state index >= 15 is 0 Å². The lowest BCUT2D eigenvalue weighted by Gasteiger charge is -2.07. The minimum Gasteiger partial charge on any atom is -0.398 e. The quantitative estimate of drug-likeness (QED) is 0.826. The third-order valence-corrected chi connectivity index (χ3v) is 2.92. The predicted octanol–water partition coefficient (Wildman–Crippen LogP) is 2.21. The van der Waals surface area contributed by atoms with E-state index in [1.54, 1.807) is 12.1 Å². The van der Waals surface area contributed by atoms with Gasteiger partial charge in [-0.15, -0.1) is 0 Å². The van der Waals surface area contributed by atoms with Crippen molar-refractivity contribution in [2.75, 3.05) is 5.73 Å². The normalized spacial score (nSPS) is 10.2. The first-order valence-electron chi connectivity index (χ1n) is 6.13. The van der Waals surface area contributed by atoms with Gasteiger partial charge in [-0.2, -0.15) is 0 Å². The first-order chi connectivity index (χ1) is 9.06. The number of carbonyl (C=O) groups excluding carboxylic acids is 1. The number of hydrogen-bond acceptors (Lipinski definition) is 3. The zero-order valence-electron chi connectivity index (χ0n) is 11.1. The number of pyridine rings is 1. The van der Waals surface area contributed by atoms with Gasteiger partial charge in [0.05, 0.1) is 12.2 Å². The molecule has 0 unspecified atom stereocenters. The van der Waals surface area contributed by atoms with E-state index in [1.165, 1.54) is 0 Å². The Morgan fingerprint density at radius 1 is 1.26 bits per heavy atom. The van der Waals surface area contributed by atoms with Crippen molar-refractivity contribution in [3.05, 3.63) is 58.9 Å². The van der Waals surface area contributed by atoms with Crippen LogP contribution in [0.2, 0.25) is 0 Å². The summed E-state index contributed by atoms with van der Waals surface area (Å²) in [5.41, 5.74) is 9.73. The molecule has 0 aliphatic rings. The van der Waals surface area contributed by atoms with Crippen LogP contribution >= 0.6 is 0 Å². The van der Waals surface area contributed by atoms with Crippen LogP contribution in [0.15, 0.2) is 36.4 Å². The Morgan fingerprint density at radius 3 is 2.74 bits per heavy atom. The van der Waals surface area contributed by atoms with E-state index in [1.807, 2.05) is 38.1 Å². The zero-order chi connectivity index (χ0) is 13.8. The molecule has 4 nitrogen and oxygen atoms in total. The summed E-state index contributed by atoms with van der Waals surface area (Å²) in [6, 6.07) is 11.0. The Labute approximate surface area is 112 Å². The molecule has 1 aromatic heterocycles. The van der Waals surface area contributed by atoms with Gasteiger partial charge in [0.1, 0.15) is 0 Å². The van der Waals surface area contributed by atoms with E-state index in [-0.39, 0.29) is 5.91 Å². The molecule has 0 aliphatic carbocycles. The van der Waals surface area contributed by atoms with Crippen LogP contribution < -0.4 is 11.1 Å². The topological polar surface area (TPSA) is 68.0 Å². The molecule has 3 N–H and O–H groups in total. The van der Waals surface area contributed by atoms with E-state index in [0.717, 1.165) is 17.0 Å². The number of rotatable bonds is 3. The number of aromatic nitrogens is 1. The highest BCUT2D eigenvalue weighted by molar-refractivity contribution is 5.95. The van der Waals surface area contributed by atoms with Crippen molar-refractivity contribution in [3.8, 4) is 0 Å². The van der Waals surface area contributed by atoms with Crippen LogP contribution in [0.5, 0.6) is 0 Å². The maximum atomic E-state index is 12.0. The minimum atomic E-state index is -0.144. The highest BCUT2D eigenvalue weighted by Crippen LogP contribution is 2.12. The van der Waals surface area contributed by atoms with Gasteiger partial charge in [-0.25, -0.2) is 0 Å². The Bertz CT molecular complexity index is 608. The highest BCUT2D eigenvalue weighted by atomic mass is 16.1. The molecule has 0 saturated carbocycles. The fourth-order valence-corrected chi connectivity index (χ4v) is 1.75. The summed E-state index contributed by atoms with van der Waals surface area (Å²) >= 11 is 0. The van der Waals surface area contributed by atoms with Crippen LogP contribution in [0.25, 0.3) is 0 Å². The largest absolute Gasteiger partial charge is 0.398 e. The molecule has 1 amide bonds. The van der Waals surface area contributed by atoms with Crippen molar-refractivity contribution < 1.29 is 4.79 Å². The predicted molar refractivity (Wildman–Crippen MR) is 75.7 cm³/mol. The molecule has 0 atom stereocenters. The summed E-state index contributed by atoms with van der Waals surface area (Å²) < 4.78 is 0. The smallest absolute Gasteiger partial charge is 0.251 e. The molecular weight excluding hydrogens is 238 g/mol. The molecule has 4 heteroatoms. The van der Waals surface area contributed by atoms with Crippen molar-refractivity contribution in [1.29, 1.82) is 0 Å². The molecule has 19 heavy (non-hydrogen) atoms. The van der Waals surface area contributed by atoms with Crippen molar-refractivity contribution in [1.82, 2.24) is 10.3 Å². The zero-order valence-corrected chi connectivity index (χ0v) is 11.1. The summed E-state index contributed by atoms with van der Waals surface area (Å²) in [5.74, 6) is -0.144. The lowest BCUT2D eigenvalue weighted by atomic mass is 10.1. The molecule has 2 rings (SSSR count). The second-order valence-electron chi connectivity index (χ2n) is 4.52. The second kappa shape index (κ2) is 5.52. The first kappa shape index (κ1) is 13.1. The van der Waals surface area contributed by atoms with Crippen LogP contribution in [0, 0.1) is 13.8 Å². The van der Waals surface area contributed by atoms with Crippen LogP contribution in [0.1, 0.15) is 27.3 Å². The average Bonchev–Trinajstić information content (AvgIpc) is 2.39. The summed E-state index contributed by atoms with van der Waals surface area (Å²) in [6.07, 6.45) is 0. The number of anilines is 1. The van der Waals surface area contributed by atoms with Crippen molar-refractivity contribution in [2.24, 2.45) is 0 Å². The van der Waals surface area contributed by atoms with Gasteiger partial charge in [0.2, 0.25) is 0 Å². The van der Waals surface area contributed by atoms with E-state index in [2.05, 4.69) is 10.3 Å². The average molecular weight is 255 g/mol. The van der Waals surface area contributed by atoms with E-state index in [9.17, 15) is 4.79 Å². The molecule has 2 aromatic rings. The fourth-order valence-electron chi connectivity index (χ4n) is 1.75. The van der Waals surface area contributed by atoms with Gasteiger partial charge in [0.15, 0.2) is 0 Å². The fraction of sp³-hybridized carbons (Fsp3) is 0.200. The van der Waals surface area contributed by atoms with Crippen LogP contribution in [0.3, 0.4) is 0 Å². The third kappa shape index (κ3) is 3.31. The number of nitrogens with one attached hydrogen (secondary N) is 1. The van der Waals surface area contributed by atoms with Crippen molar-refractivity contribution in [3.63, 3.8) is 0 Å². The minimum absolute atomic E-state index is 0.144. The molecule has 0 aliphatic heterocycles. The standard InChI is InChI=1S/C15H17N3O/c1-10-6-7-12(8-14(10)16)15(19)17-9-13-5-3-4-11(2)18-13/h3-8H,9,16H2,1-2H3,(H,17,19). The third-order valence-electron chi connectivity index (χ3n) is 2.92. The summed E-state index contributed by atoms with van der Waals surface area (Å²) in [6.45, 7) is 4.24. The molecule has 0 saturated heterocycles. The molecule has 0 fully saturated rings. The number of nitrogens with zero attached hydrogens (tertiary/aromatic N) is 1. The number of hydrogen-bond donors (Lipinski definition) is 2. The van der Waals surface area contributed by atoms with Crippen LogP contribution in [-0.4, -0.2) is 10.9 Å². The number of benzene rings is 1. The maximum Gasteiger partial charge on any atom is 0.251 e. The highest BCUT2D eigenvalue weighted by Gasteiger charge is 2.07. The van der Waals surface area contributed by atoms with Crippen LogP contribution in [-0.2, 0) is 6.54 Å². The second-order valence-corrected chi connectivity index (χ2v) is 4.52. The number of carbonyl (C=O) groups is 1. The molecule has 0 bridgehead atoms. The summed E-state index contributed by atoms with van der Waals surface area (Å²) in [5, 5.41) is 2.83. The Morgan fingerprint density at radius 2 is 2.05 bits per heavy atom. The molecule has 0 radical (unpaired) electrons. The SMILES string of the molecule is Cc1cccc(CNC(=O)c2ccc(C)c(N)c2)n1. The van der Waals surface area contributed by atoms with E-state index < -0.39 is 0 Å².